The molecule has 24 heavy (non-hydrogen) atoms. The fourth-order valence-corrected chi connectivity index (χ4v) is 3.23. The molecule has 2 rings (SSSR count). The van der Waals surface area contributed by atoms with Crippen LogP contribution in [-0.4, -0.2) is 24.2 Å². The number of aryl methyl sites for hydroxylation is 1. The number of hydrogen-bond donors (Lipinski definition) is 1. The molecule has 0 unspecified atom stereocenters. The summed E-state index contributed by atoms with van der Waals surface area (Å²) in [5, 5.41) is 2.75. The van der Waals surface area contributed by atoms with E-state index in [0.29, 0.717) is 11.3 Å². The second kappa shape index (κ2) is 8.35. The molecule has 0 saturated carbocycles. The lowest BCUT2D eigenvalue weighted by atomic mass is 10.2. The van der Waals surface area contributed by atoms with Crippen LogP contribution in [-0.2, 0) is 9.53 Å². The molecule has 0 aliphatic carbocycles. The number of carbonyl (C=O) groups excluding carboxylic acids is 2. The molecule has 0 saturated heterocycles. The van der Waals surface area contributed by atoms with Crippen molar-refractivity contribution < 1.29 is 14.3 Å². The van der Waals surface area contributed by atoms with Gasteiger partial charge in [0.1, 0.15) is 0 Å². The number of anilines is 1. The molecule has 2 aromatic rings. The Kier molecular flexibility index (Phi) is 6.45. The molecule has 0 fully saturated rings. The van der Waals surface area contributed by atoms with Gasteiger partial charge in [0.25, 0.3) is 5.91 Å². The molecule has 1 N–H and O–H groups in total. The Morgan fingerprint density at radius 1 is 1.21 bits per heavy atom. The van der Waals surface area contributed by atoms with E-state index in [1.807, 2.05) is 37.4 Å². The predicted octanol–water partition coefficient (Wildman–Crippen LogP) is 4.66. The quantitative estimate of drug-likeness (QED) is 0.578. The largest absolute Gasteiger partial charge is 0.449 e. The van der Waals surface area contributed by atoms with Gasteiger partial charge < -0.3 is 10.1 Å². The highest BCUT2D eigenvalue weighted by atomic mass is 79.9. The Morgan fingerprint density at radius 2 is 1.92 bits per heavy atom. The Balaban J connectivity index is 2.04. The van der Waals surface area contributed by atoms with Crippen LogP contribution in [0.2, 0.25) is 0 Å². The van der Waals surface area contributed by atoms with Crippen molar-refractivity contribution in [2.45, 2.75) is 24.8 Å². The fourth-order valence-electron chi connectivity index (χ4n) is 2.05. The molecule has 1 atom stereocenters. The van der Waals surface area contributed by atoms with Crippen LogP contribution in [0.3, 0.4) is 0 Å². The van der Waals surface area contributed by atoms with Crippen molar-refractivity contribution in [2.24, 2.45) is 0 Å². The maximum atomic E-state index is 12.3. The molecule has 0 aliphatic heterocycles. The Bertz CT molecular complexity index is 764. The minimum absolute atomic E-state index is 0.380. The number of carbonyl (C=O) groups is 2. The van der Waals surface area contributed by atoms with E-state index < -0.39 is 12.1 Å². The first-order chi connectivity index (χ1) is 11.4. The van der Waals surface area contributed by atoms with Crippen LogP contribution in [0.15, 0.2) is 51.8 Å². The summed E-state index contributed by atoms with van der Waals surface area (Å²) in [6.07, 6.45) is 0.984. The third-order valence-electron chi connectivity index (χ3n) is 3.36. The number of nitrogens with one attached hydrogen (secondary N) is 1. The highest BCUT2D eigenvalue weighted by molar-refractivity contribution is 9.10. The van der Waals surface area contributed by atoms with Crippen molar-refractivity contribution in [1.82, 2.24) is 0 Å². The van der Waals surface area contributed by atoms with Gasteiger partial charge in [-0.15, -0.1) is 11.8 Å². The van der Waals surface area contributed by atoms with Gasteiger partial charge >= 0.3 is 5.97 Å². The number of benzene rings is 2. The normalized spacial score (nSPS) is 11.7. The maximum absolute atomic E-state index is 12.3. The predicted molar refractivity (Wildman–Crippen MR) is 101 cm³/mol. The molecule has 6 heteroatoms. The third-order valence-corrected chi connectivity index (χ3v) is 4.81. The summed E-state index contributed by atoms with van der Waals surface area (Å²) < 4.78 is 6.08. The van der Waals surface area contributed by atoms with Gasteiger partial charge in [-0.05, 0) is 65.9 Å². The number of thioether (sulfide) groups is 1. The molecular weight excluding hydrogens is 390 g/mol. The van der Waals surface area contributed by atoms with Gasteiger partial charge in [0.05, 0.1) is 11.3 Å². The van der Waals surface area contributed by atoms with Crippen molar-refractivity contribution in [3.05, 3.63) is 58.1 Å². The van der Waals surface area contributed by atoms with Crippen LogP contribution < -0.4 is 5.32 Å². The minimum Gasteiger partial charge on any atom is -0.449 e. The van der Waals surface area contributed by atoms with Gasteiger partial charge in [0.2, 0.25) is 0 Å². The highest BCUT2D eigenvalue weighted by Gasteiger charge is 2.21. The van der Waals surface area contributed by atoms with Crippen molar-refractivity contribution in [3.8, 4) is 0 Å². The third kappa shape index (κ3) is 4.61. The number of amides is 1. The summed E-state index contributed by atoms with van der Waals surface area (Å²) in [6.45, 7) is 3.51. The smallest absolute Gasteiger partial charge is 0.340 e. The molecule has 2 aromatic carbocycles. The molecule has 0 heterocycles. The van der Waals surface area contributed by atoms with Crippen LogP contribution in [0, 0.1) is 6.92 Å². The molecule has 4 nitrogen and oxygen atoms in total. The zero-order valence-corrected chi connectivity index (χ0v) is 16.0. The average Bonchev–Trinajstić information content (AvgIpc) is 2.57. The molecule has 1 amide bonds. The molecule has 0 aliphatic rings. The van der Waals surface area contributed by atoms with E-state index in [1.54, 1.807) is 25.1 Å². The fraction of sp³-hybridized carbons (Fsp3) is 0.222. The zero-order chi connectivity index (χ0) is 17.7. The lowest BCUT2D eigenvalue weighted by Gasteiger charge is -2.15. The van der Waals surface area contributed by atoms with Gasteiger partial charge in [0.15, 0.2) is 6.10 Å². The molecule has 126 valence electrons. The van der Waals surface area contributed by atoms with E-state index in [9.17, 15) is 9.59 Å². The van der Waals surface area contributed by atoms with E-state index in [-0.39, 0.29) is 5.91 Å². The van der Waals surface area contributed by atoms with Crippen LogP contribution in [0.25, 0.3) is 0 Å². The second-order valence-electron chi connectivity index (χ2n) is 5.22. The second-order valence-corrected chi connectivity index (χ2v) is 6.92. The minimum atomic E-state index is -0.902. The summed E-state index contributed by atoms with van der Waals surface area (Å²) in [6, 6.07) is 12.8. The van der Waals surface area contributed by atoms with Crippen molar-refractivity contribution in [1.29, 1.82) is 0 Å². The standard InChI is InChI=1S/C18H18BrNO3S/c1-11-8-9-15(14(19)10-11)20-17(21)12(2)23-18(22)13-6-4-5-7-16(13)24-3/h4-10,12H,1-3H3,(H,20,21)/t12-/m1/s1. The summed E-state index contributed by atoms with van der Waals surface area (Å²) in [5.74, 6) is -0.889. The number of hydrogen-bond acceptors (Lipinski definition) is 4. The van der Waals surface area contributed by atoms with E-state index in [0.717, 1.165) is 14.9 Å². The number of ether oxygens (including phenoxy) is 1. The zero-order valence-electron chi connectivity index (χ0n) is 13.6. The summed E-state index contributed by atoms with van der Waals surface area (Å²) >= 11 is 4.86. The Labute approximate surface area is 154 Å². The van der Waals surface area contributed by atoms with E-state index in [1.165, 1.54) is 11.8 Å². The lowest BCUT2D eigenvalue weighted by Crippen LogP contribution is -2.30. The van der Waals surface area contributed by atoms with Gasteiger partial charge in [-0.3, -0.25) is 4.79 Å². The molecule has 0 aromatic heterocycles. The lowest BCUT2D eigenvalue weighted by molar-refractivity contribution is -0.123. The van der Waals surface area contributed by atoms with Gasteiger partial charge in [-0.2, -0.15) is 0 Å². The Morgan fingerprint density at radius 3 is 2.58 bits per heavy atom. The van der Waals surface area contributed by atoms with E-state index in [4.69, 9.17) is 4.74 Å². The van der Waals surface area contributed by atoms with Crippen molar-refractivity contribution >= 4 is 45.3 Å². The highest BCUT2D eigenvalue weighted by Crippen LogP contribution is 2.24. The van der Waals surface area contributed by atoms with E-state index in [2.05, 4.69) is 21.2 Å². The van der Waals surface area contributed by atoms with Gasteiger partial charge in [-0.1, -0.05) is 18.2 Å². The first kappa shape index (κ1) is 18.5. The number of rotatable bonds is 5. The van der Waals surface area contributed by atoms with Crippen LogP contribution in [0.5, 0.6) is 0 Å². The van der Waals surface area contributed by atoms with E-state index >= 15 is 0 Å². The monoisotopic (exact) mass is 407 g/mol. The van der Waals surface area contributed by atoms with Crippen LogP contribution in [0.4, 0.5) is 5.69 Å². The van der Waals surface area contributed by atoms with Crippen LogP contribution in [0.1, 0.15) is 22.8 Å². The average molecular weight is 408 g/mol. The summed E-state index contributed by atoms with van der Waals surface area (Å²) in [4.78, 5) is 25.4. The number of halogens is 1. The van der Waals surface area contributed by atoms with Gasteiger partial charge in [-0.25, -0.2) is 4.79 Å². The first-order valence-electron chi connectivity index (χ1n) is 7.33. The maximum Gasteiger partial charge on any atom is 0.340 e. The molecular formula is C18H18BrNO3S. The first-order valence-corrected chi connectivity index (χ1v) is 9.35. The topological polar surface area (TPSA) is 55.4 Å². The van der Waals surface area contributed by atoms with Gasteiger partial charge in [0, 0.05) is 9.37 Å². The van der Waals surface area contributed by atoms with Crippen molar-refractivity contribution in [2.75, 3.05) is 11.6 Å². The Hall–Kier alpha value is -1.79. The van der Waals surface area contributed by atoms with Crippen LogP contribution >= 0.6 is 27.7 Å². The van der Waals surface area contributed by atoms with Crippen molar-refractivity contribution in [3.63, 3.8) is 0 Å². The molecule has 0 bridgehead atoms. The summed E-state index contributed by atoms with van der Waals surface area (Å²) in [5.41, 5.74) is 2.17. The summed E-state index contributed by atoms with van der Waals surface area (Å²) in [7, 11) is 0. The SMILES string of the molecule is CSc1ccccc1C(=O)O[C@H](C)C(=O)Nc1ccc(C)cc1Br. The molecule has 0 radical (unpaired) electrons. The molecule has 0 spiro atoms. The number of esters is 1.